The van der Waals surface area contributed by atoms with Crippen molar-refractivity contribution in [3.63, 3.8) is 0 Å². The van der Waals surface area contributed by atoms with Crippen molar-refractivity contribution in [2.75, 3.05) is 19.0 Å². The Hall–Kier alpha value is -1.51. The molecule has 76 valence electrons. The van der Waals surface area contributed by atoms with Crippen LogP contribution in [0.1, 0.15) is 22.8 Å². The summed E-state index contributed by atoms with van der Waals surface area (Å²) in [6, 6.07) is 5.69. The standard InChI is InChI=1S/C11H16N2O/c1-4-8-7-9(13(2)3)5-6-10(8)11(12)14/h5-7H,4H2,1-3H3,(H2,12,14). The zero-order valence-corrected chi connectivity index (χ0v) is 8.87. The van der Waals surface area contributed by atoms with Crippen molar-refractivity contribution < 1.29 is 4.79 Å². The highest BCUT2D eigenvalue weighted by Crippen LogP contribution is 2.18. The minimum Gasteiger partial charge on any atom is -0.378 e. The van der Waals surface area contributed by atoms with Crippen molar-refractivity contribution in [3.05, 3.63) is 29.3 Å². The van der Waals surface area contributed by atoms with Crippen LogP contribution in [0.2, 0.25) is 0 Å². The molecule has 0 spiro atoms. The summed E-state index contributed by atoms with van der Waals surface area (Å²) in [5, 5.41) is 0. The molecule has 0 fully saturated rings. The quantitative estimate of drug-likeness (QED) is 0.787. The molecule has 1 aromatic rings. The monoisotopic (exact) mass is 192 g/mol. The Balaban J connectivity index is 3.18. The van der Waals surface area contributed by atoms with Crippen LogP contribution in [-0.2, 0) is 6.42 Å². The molecule has 0 aromatic heterocycles. The van der Waals surface area contributed by atoms with Crippen molar-refractivity contribution in [2.24, 2.45) is 5.73 Å². The first-order chi connectivity index (χ1) is 6.56. The van der Waals surface area contributed by atoms with Gasteiger partial charge in [0.05, 0.1) is 0 Å². The van der Waals surface area contributed by atoms with E-state index in [9.17, 15) is 4.79 Å². The van der Waals surface area contributed by atoms with Gasteiger partial charge in [-0.25, -0.2) is 0 Å². The van der Waals surface area contributed by atoms with E-state index in [1.54, 1.807) is 6.07 Å². The third kappa shape index (κ3) is 2.05. The lowest BCUT2D eigenvalue weighted by Crippen LogP contribution is -2.15. The summed E-state index contributed by atoms with van der Waals surface area (Å²) in [4.78, 5) is 13.1. The lowest BCUT2D eigenvalue weighted by Gasteiger charge is -2.14. The first kappa shape index (κ1) is 10.6. The molecule has 2 N–H and O–H groups in total. The van der Waals surface area contributed by atoms with Gasteiger partial charge in [-0.3, -0.25) is 4.79 Å². The van der Waals surface area contributed by atoms with E-state index in [1.165, 1.54) is 0 Å². The number of nitrogens with zero attached hydrogens (tertiary/aromatic N) is 1. The van der Waals surface area contributed by atoms with Crippen LogP contribution in [0, 0.1) is 0 Å². The maximum absolute atomic E-state index is 11.1. The second-order valence-electron chi connectivity index (χ2n) is 3.45. The van der Waals surface area contributed by atoms with Gasteiger partial charge >= 0.3 is 0 Å². The molecule has 1 rings (SSSR count). The smallest absolute Gasteiger partial charge is 0.248 e. The SMILES string of the molecule is CCc1cc(N(C)C)ccc1C(N)=O. The predicted molar refractivity (Wildman–Crippen MR) is 58.7 cm³/mol. The number of carbonyl (C=O) groups excluding carboxylic acids is 1. The Morgan fingerprint density at radius 2 is 2.07 bits per heavy atom. The summed E-state index contributed by atoms with van der Waals surface area (Å²) >= 11 is 0. The maximum Gasteiger partial charge on any atom is 0.248 e. The van der Waals surface area contributed by atoms with E-state index in [2.05, 4.69) is 0 Å². The number of carbonyl (C=O) groups is 1. The first-order valence-corrected chi connectivity index (χ1v) is 4.66. The third-order valence-electron chi connectivity index (χ3n) is 2.25. The van der Waals surface area contributed by atoms with Crippen molar-refractivity contribution in [1.29, 1.82) is 0 Å². The summed E-state index contributed by atoms with van der Waals surface area (Å²) in [7, 11) is 3.94. The molecule has 1 aromatic carbocycles. The molecule has 0 unspecified atom stereocenters. The van der Waals surface area contributed by atoms with Crippen molar-refractivity contribution in [2.45, 2.75) is 13.3 Å². The molecule has 0 saturated heterocycles. The van der Waals surface area contributed by atoms with E-state index in [-0.39, 0.29) is 5.91 Å². The zero-order valence-electron chi connectivity index (χ0n) is 8.87. The molecular weight excluding hydrogens is 176 g/mol. The van der Waals surface area contributed by atoms with E-state index in [0.29, 0.717) is 5.56 Å². The Bertz CT molecular complexity index is 345. The summed E-state index contributed by atoms with van der Waals surface area (Å²) in [6.07, 6.45) is 0.819. The van der Waals surface area contributed by atoms with E-state index < -0.39 is 0 Å². The predicted octanol–water partition coefficient (Wildman–Crippen LogP) is 1.41. The van der Waals surface area contributed by atoms with Crippen LogP contribution in [0.5, 0.6) is 0 Å². The fourth-order valence-corrected chi connectivity index (χ4v) is 1.39. The number of hydrogen-bond acceptors (Lipinski definition) is 2. The van der Waals surface area contributed by atoms with E-state index in [4.69, 9.17) is 5.73 Å². The van der Waals surface area contributed by atoms with Crippen LogP contribution in [0.25, 0.3) is 0 Å². The summed E-state index contributed by atoms with van der Waals surface area (Å²) < 4.78 is 0. The normalized spacial score (nSPS) is 9.93. The van der Waals surface area contributed by atoms with Crippen molar-refractivity contribution in [3.8, 4) is 0 Å². The molecule has 0 heterocycles. The Morgan fingerprint density at radius 3 is 2.50 bits per heavy atom. The van der Waals surface area contributed by atoms with Gasteiger partial charge in [0.15, 0.2) is 0 Å². The highest BCUT2D eigenvalue weighted by molar-refractivity contribution is 5.94. The van der Waals surface area contributed by atoms with Crippen molar-refractivity contribution >= 4 is 11.6 Å². The zero-order chi connectivity index (χ0) is 10.7. The van der Waals surface area contributed by atoms with Crippen LogP contribution in [0.4, 0.5) is 5.69 Å². The second-order valence-corrected chi connectivity index (χ2v) is 3.45. The van der Waals surface area contributed by atoms with Gasteiger partial charge in [0.2, 0.25) is 5.91 Å². The van der Waals surface area contributed by atoms with Gasteiger partial charge in [0.1, 0.15) is 0 Å². The number of benzene rings is 1. The number of hydrogen-bond donors (Lipinski definition) is 1. The Morgan fingerprint density at radius 1 is 1.43 bits per heavy atom. The van der Waals surface area contributed by atoms with Gasteiger partial charge in [0.25, 0.3) is 0 Å². The highest BCUT2D eigenvalue weighted by atomic mass is 16.1. The van der Waals surface area contributed by atoms with E-state index >= 15 is 0 Å². The molecule has 0 saturated carbocycles. The first-order valence-electron chi connectivity index (χ1n) is 4.66. The maximum atomic E-state index is 11.1. The van der Waals surface area contributed by atoms with Gasteiger partial charge in [-0.2, -0.15) is 0 Å². The van der Waals surface area contributed by atoms with Crippen molar-refractivity contribution in [1.82, 2.24) is 0 Å². The van der Waals surface area contributed by atoms with Gasteiger partial charge < -0.3 is 10.6 Å². The topological polar surface area (TPSA) is 46.3 Å². The van der Waals surface area contributed by atoms with Gasteiger partial charge in [-0.05, 0) is 30.2 Å². The lowest BCUT2D eigenvalue weighted by molar-refractivity contribution is 0.0999. The minimum atomic E-state index is -0.354. The minimum absolute atomic E-state index is 0.354. The Labute approximate surface area is 84.5 Å². The molecule has 0 atom stereocenters. The second kappa shape index (κ2) is 4.13. The lowest BCUT2D eigenvalue weighted by atomic mass is 10.0. The molecule has 14 heavy (non-hydrogen) atoms. The molecule has 0 radical (unpaired) electrons. The highest BCUT2D eigenvalue weighted by Gasteiger charge is 2.07. The number of nitrogens with two attached hydrogens (primary N) is 1. The number of anilines is 1. The fraction of sp³-hybridized carbons (Fsp3) is 0.364. The molecular formula is C11H16N2O. The number of amides is 1. The summed E-state index contributed by atoms with van der Waals surface area (Å²) in [5.41, 5.74) is 7.98. The van der Waals surface area contributed by atoms with Crippen LogP contribution in [0.15, 0.2) is 18.2 Å². The number of rotatable bonds is 3. The van der Waals surface area contributed by atoms with Crippen LogP contribution < -0.4 is 10.6 Å². The summed E-state index contributed by atoms with van der Waals surface area (Å²) in [5.74, 6) is -0.354. The molecule has 3 nitrogen and oxygen atoms in total. The average molecular weight is 192 g/mol. The Kier molecular flexibility index (Phi) is 3.12. The summed E-state index contributed by atoms with van der Waals surface area (Å²) in [6.45, 7) is 2.02. The van der Waals surface area contributed by atoms with Crippen LogP contribution in [0.3, 0.4) is 0 Å². The van der Waals surface area contributed by atoms with E-state index in [0.717, 1.165) is 17.7 Å². The van der Waals surface area contributed by atoms with E-state index in [1.807, 2.05) is 38.1 Å². The molecule has 0 aliphatic carbocycles. The molecule has 0 aliphatic rings. The van der Waals surface area contributed by atoms with Crippen LogP contribution in [-0.4, -0.2) is 20.0 Å². The fourth-order valence-electron chi connectivity index (χ4n) is 1.39. The van der Waals surface area contributed by atoms with Crippen LogP contribution >= 0.6 is 0 Å². The number of aryl methyl sites for hydroxylation is 1. The van der Waals surface area contributed by atoms with Gasteiger partial charge in [0, 0.05) is 25.3 Å². The molecule has 0 aliphatic heterocycles. The van der Waals surface area contributed by atoms with Gasteiger partial charge in [-0.15, -0.1) is 0 Å². The molecule has 1 amide bonds. The molecule has 3 heteroatoms. The third-order valence-corrected chi connectivity index (χ3v) is 2.25. The van der Waals surface area contributed by atoms with Gasteiger partial charge in [-0.1, -0.05) is 6.92 Å². The largest absolute Gasteiger partial charge is 0.378 e. The molecule has 0 bridgehead atoms. The number of primary amides is 1. The average Bonchev–Trinajstić information content (AvgIpc) is 2.16.